The number of hydrogen-bond donors (Lipinski definition) is 2. The molecule has 4 heteroatoms. The van der Waals surface area contributed by atoms with E-state index < -0.39 is 12.0 Å². The van der Waals surface area contributed by atoms with Crippen molar-refractivity contribution in [3.05, 3.63) is 12.2 Å². The van der Waals surface area contributed by atoms with Gasteiger partial charge in [-0.2, -0.15) is 0 Å². The number of nitrogens with one attached hydrogen (secondary N) is 1. The minimum Gasteiger partial charge on any atom is -0.480 e. The van der Waals surface area contributed by atoms with Gasteiger partial charge in [0.15, 0.2) is 0 Å². The van der Waals surface area contributed by atoms with E-state index in [4.69, 9.17) is 5.11 Å². The summed E-state index contributed by atoms with van der Waals surface area (Å²) in [4.78, 5) is 22.6. The van der Waals surface area contributed by atoms with Gasteiger partial charge >= 0.3 is 5.97 Å². The molecule has 0 saturated carbocycles. The highest BCUT2D eigenvalue weighted by atomic mass is 16.4. The molecule has 0 spiro atoms. The van der Waals surface area contributed by atoms with E-state index >= 15 is 0 Å². The second-order valence-electron chi connectivity index (χ2n) is 4.57. The number of amides is 1. The molecule has 0 bridgehead atoms. The molecule has 0 aromatic rings. The summed E-state index contributed by atoms with van der Waals surface area (Å²) >= 11 is 0. The van der Waals surface area contributed by atoms with Gasteiger partial charge in [-0.3, -0.25) is 4.79 Å². The summed E-state index contributed by atoms with van der Waals surface area (Å²) in [5, 5.41) is 11.6. The van der Waals surface area contributed by atoms with Crippen molar-refractivity contribution >= 4 is 11.9 Å². The molecular weight excluding hydrogens is 218 g/mol. The van der Waals surface area contributed by atoms with E-state index in [2.05, 4.69) is 11.4 Å². The molecule has 0 fully saturated rings. The van der Waals surface area contributed by atoms with Gasteiger partial charge in [-0.05, 0) is 25.2 Å². The molecule has 0 radical (unpaired) electrons. The lowest BCUT2D eigenvalue weighted by Crippen LogP contribution is -2.41. The van der Waals surface area contributed by atoms with Crippen LogP contribution in [0.15, 0.2) is 12.2 Å². The Morgan fingerprint density at radius 1 is 1.53 bits per heavy atom. The zero-order valence-electron chi connectivity index (χ0n) is 10.3. The van der Waals surface area contributed by atoms with Crippen molar-refractivity contribution in [3.8, 4) is 0 Å². The molecule has 2 unspecified atom stereocenters. The lowest BCUT2D eigenvalue weighted by atomic mass is 10.0. The van der Waals surface area contributed by atoms with Crippen LogP contribution in [0.25, 0.3) is 0 Å². The van der Waals surface area contributed by atoms with Crippen molar-refractivity contribution in [2.45, 2.75) is 51.5 Å². The van der Waals surface area contributed by atoms with Gasteiger partial charge in [0.1, 0.15) is 6.04 Å². The van der Waals surface area contributed by atoms with E-state index in [1.165, 1.54) is 0 Å². The van der Waals surface area contributed by atoms with Gasteiger partial charge in [0.25, 0.3) is 0 Å². The fraction of sp³-hybridized carbons (Fsp3) is 0.692. The molecule has 0 heterocycles. The number of unbranched alkanes of at least 4 members (excludes halogenated alkanes) is 1. The van der Waals surface area contributed by atoms with Gasteiger partial charge in [-0.25, -0.2) is 4.79 Å². The molecular formula is C13H21NO3. The fourth-order valence-electron chi connectivity index (χ4n) is 2.02. The lowest BCUT2D eigenvalue weighted by molar-refractivity contribution is -0.142. The van der Waals surface area contributed by atoms with Crippen LogP contribution in [0, 0.1) is 5.92 Å². The van der Waals surface area contributed by atoms with Crippen molar-refractivity contribution in [1.82, 2.24) is 5.32 Å². The standard InChI is InChI=1S/C13H21NO3/c1-2-3-8-11(13(16)17)14-12(15)9-10-6-4-5-7-10/h4,6,10-11H,2-3,5,7-9H2,1H3,(H,14,15)(H,16,17). The monoisotopic (exact) mass is 239 g/mol. The summed E-state index contributed by atoms with van der Waals surface area (Å²) in [7, 11) is 0. The van der Waals surface area contributed by atoms with Crippen LogP contribution in [0.3, 0.4) is 0 Å². The van der Waals surface area contributed by atoms with Crippen LogP contribution in [0.4, 0.5) is 0 Å². The van der Waals surface area contributed by atoms with Crippen molar-refractivity contribution in [1.29, 1.82) is 0 Å². The minimum atomic E-state index is -0.936. The van der Waals surface area contributed by atoms with E-state index in [1.54, 1.807) is 0 Å². The van der Waals surface area contributed by atoms with Crippen LogP contribution in [0.5, 0.6) is 0 Å². The highest BCUT2D eigenvalue weighted by Crippen LogP contribution is 2.20. The number of aliphatic carboxylic acids is 1. The predicted octanol–water partition coefficient (Wildman–Crippen LogP) is 2.10. The number of carboxylic acids is 1. The number of allylic oxidation sites excluding steroid dienone is 2. The molecule has 0 aromatic heterocycles. The summed E-state index contributed by atoms with van der Waals surface area (Å²) in [5.74, 6) is -0.797. The molecule has 0 aromatic carbocycles. The first-order chi connectivity index (χ1) is 8.13. The maximum atomic E-state index is 11.7. The van der Waals surface area contributed by atoms with Gasteiger partial charge in [0, 0.05) is 6.42 Å². The van der Waals surface area contributed by atoms with Crippen LogP contribution in [0.2, 0.25) is 0 Å². The Labute approximate surface area is 102 Å². The van der Waals surface area contributed by atoms with Gasteiger partial charge in [-0.15, -0.1) is 0 Å². The topological polar surface area (TPSA) is 66.4 Å². The van der Waals surface area contributed by atoms with Crippen LogP contribution in [-0.2, 0) is 9.59 Å². The Hall–Kier alpha value is -1.32. The first-order valence-electron chi connectivity index (χ1n) is 6.32. The summed E-state index contributed by atoms with van der Waals surface area (Å²) in [6.45, 7) is 2.00. The summed E-state index contributed by atoms with van der Waals surface area (Å²) < 4.78 is 0. The number of carbonyl (C=O) groups is 2. The Morgan fingerprint density at radius 2 is 2.29 bits per heavy atom. The smallest absolute Gasteiger partial charge is 0.326 e. The van der Waals surface area contributed by atoms with Gasteiger partial charge in [-0.1, -0.05) is 31.9 Å². The molecule has 0 saturated heterocycles. The lowest BCUT2D eigenvalue weighted by Gasteiger charge is -2.15. The molecule has 0 aliphatic heterocycles. The third-order valence-electron chi connectivity index (χ3n) is 3.04. The van der Waals surface area contributed by atoms with Gasteiger partial charge in [0.2, 0.25) is 5.91 Å². The third kappa shape index (κ3) is 5.02. The van der Waals surface area contributed by atoms with Gasteiger partial charge < -0.3 is 10.4 Å². The Morgan fingerprint density at radius 3 is 2.82 bits per heavy atom. The second kappa shape index (κ2) is 7.09. The molecule has 1 aliphatic rings. The first-order valence-corrected chi connectivity index (χ1v) is 6.32. The predicted molar refractivity (Wildman–Crippen MR) is 65.6 cm³/mol. The summed E-state index contributed by atoms with van der Waals surface area (Å²) in [5.41, 5.74) is 0. The maximum Gasteiger partial charge on any atom is 0.326 e. The number of rotatable bonds is 7. The van der Waals surface area contributed by atoms with Gasteiger partial charge in [0.05, 0.1) is 0 Å². The average molecular weight is 239 g/mol. The van der Waals surface area contributed by atoms with Crippen LogP contribution < -0.4 is 5.32 Å². The number of carboxylic acid groups (broad SMARTS) is 1. The largest absolute Gasteiger partial charge is 0.480 e. The Kier molecular flexibility index (Phi) is 5.73. The Balaban J connectivity index is 2.34. The van der Waals surface area contributed by atoms with Crippen molar-refractivity contribution in [2.24, 2.45) is 5.92 Å². The number of hydrogen-bond acceptors (Lipinski definition) is 2. The molecule has 17 heavy (non-hydrogen) atoms. The van der Waals surface area contributed by atoms with Crippen molar-refractivity contribution in [2.75, 3.05) is 0 Å². The second-order valence-corrected chi connectivity index (χ2v) is 4.57. The highest BCUT2D eigenvalue weighted by molar-refractivity contribution is 5.83. The van der Waals surface area contributed by atoms with E-state index in [1.807, 2.05) is 13.0 Å². The zero-order valence-corrected chi connectivity index (χ0v) is 10.3. The molecule has 4 nitrogen and oxygen atoms in total. The van der Waals surface area contributed by atoms with E-state index in [9.17, 15) is 9.59 Å². The molecule has 1 amide bonds. The molecule has 1 rings (SSSR count). The molecule has 2 atom stereocenters. The van der Waals surface area contributed by atoms with E-state index in [-0.39, 0.29) is 11.8 Å². The normalized spacial score (nSPS) is 20.2. The summed E-state index contributed by atoms with van der Waals surface area (Å²) in [6.07, 6.45) is 8.82. The van der Waals surface area contributed by atoms with Crippen LogP contribution >= 0.6 is 0 Å². The zero-order chi connectivity index (χ0) is 12.7. The van der Waals surface area contributed by atoms with Crippen molar-refractivity contribution < 1.29 is 14.7 Å². The molecule has 96 valence electrons. The maximum absolute atomic E-state index is 11.7. The number of carbonyl (C=O) groups excluding carboxylic acids is 1. The minimum absolute atomic E-state index is 0.148. The molecule has 1 aliphatic carbocycles. The molecule has 2 N–H and O–H groups in total. The van der Waals surface area contributed by atoms with Crippen molar-refractivity contribution in [3.63, 3.8) is 0 Å². The van der Waals surface area contributed by atoms with Crippen LogP contribution in [-0.4, -0.2) is 23.0 Å². The quantitative estimate of drug-likeness (QED) is 0.669. The SMILES string of the molecule is CCCCC(NC(=O)CC1C=CCC1)C(=O)O. The highest BCUT2D eigenvalue weighted by Gasteiger charge is 2.21. The first kappa shape index (κ1) is 13.7. The van der Waals surface area contributed by atoms with E-state index in [0.29, 0.717) is 12.8 Å². The average Bonchev–Trinajstić information content (AvgIpc) is 2.76. The fourth-order valence-corrected chi connectivity index (χ4v) is 2.02. The van der Waals surface area contributed by atoms with E-state index in [0.717, 1.165) is 25.7 Å². The summed E-state index contributed by atoms with van der Waals surface area (Å²) in [6, 6.07) is -0.729. The third-order valence-corrected chi connectivity index (χ3v) is 3.04. The van der Waals surface area contributed by atoms with Crippen LogP contribution in [0.1, 0.15) is 45.4 Å². The Bertz CT molecular complexity index is 299.